The fraction of sp³-hybridized carbons (Fsp3) is 0.440. The largest absolute Gasteiger partial charge is 0.342 e. The van der Waals surface area contributed by atoms with Crippen molar-refractivity contribution in [3.63, 3.8) is 0 Å². The fourth-order valence-electron chi connectivity index (χ4n) is 4.49. The predicted octanol–water partition coefficient (Wildman–Crippen LogP) is 3.18. The van der Waals surface area contributed by atoms with Gasteiger partial charge in [0.15, 0.2) is 0 Å². The molecular formula is C25H30N4O3. The molecule has 2 saturated heterocycles. The smallest absolute Gasteiger partial charge is 0.228 e. The number of nitrogens with one attached hydrogen (secondary N) is 1. The molecule has 168 valence electrons. The van der Waals surface area contributed by atoms with Crippen molar-refractivity contribution in [2.45, 2.75) is 39.5 Å². The molecule has 32 heavy (non-hydrogen) atoms. The standard InChI is InChI=1S/C25H30N4O3/c1-3-18-4-6-21(7-5-18)29-16-20(15-23(29)30)25(32)28-12-9-19(10-13-28)24(31)27-22-14-17(2)8-11-26-22/h4-8,11,14,19-20H,3,9-10,12-13,15-16H2,1-2H3,(H,26,27,31). The highest BCUT2D eigenvalue weighted by Crippen LogP contribution is 2.28. The third-order valence-corrected chi connectivity index (χ3v) is 6.47. The van der Waals surface area contributed by atoms with Crippen molar-refractivity contribution in [2.75, 3.05) is 29.9 Å². The maximum Gasteiger partial charge on any atom is 0.228 e. The molecule has 7 nitrogen and oxygen atoms in total. The van der Waals surface area contributed by atoms with Crippen LogP contribution in [0.5, 0.6) is 0 Å². The zero-order valence-corrected chi connectivity index (χ0v) is 18.7. The molecule has 2 aliphatic rings. The Morgan fingerprint density at radius 1 is 1.09 bits per heavy atom. The van der Waals surface area contributed by atoms with Gasteiger partial charge in [-0.1, -0.05) is 19.1 Å². The van der Waals surface area contributed by atoms with Crippen molar-refractivity contribution in [2.24, 2.45) is 11.8 Å². The average Bonchev–Trinajstić information content (AvgIpc) is 3.20. The van der Waals surface area contributed by atoms with E-state index in [9.17, 15) is 14.4 Å². The molecule has 1 unspecified atom stereocenters. The summed E-state index contributed by atoms with van der Waals surface area (Å²) in [5.74, 6) is 0.0612. The summed E-state index contributed by atoms with van der Waals surface area (Å²) in [6.07, 6.45) is 4.10. The van der Waals surface area contributed by atoms with Crippen molar-refractivity contribution in [3.8, 4) is 0 Å². The molecular weight excluding hydrogens is 404 g/mol. The number of piperidine rings is 1. The van der Waals surface area contributed by atoms with Gasteiger partial charge in [0.1, 0.15) is 5.82 Å². The lowest BCUT2D eigenvalue weighted by molar-refractivity contribution is -0.138. The number of aromatic nitrogens is 1. The van der Waals surface area contributed by atoms with Gasteiger partial charge >= 0.3 is 0 Å². The van der Waals surface area contributed by atoms with E-state index in [1.807, 2.05) is 48.2 Å². The van der Waals surface area contributed by atoms with Crippen LogP contribution in [0.2, 0.25) is 0 Å². The van der Waals surface area contributed by atoms with Crippen molar-refractivity contribution in [1.82, 2.24) is 9.88 Å². The molecule has 2 aromatic rings. The van der Waals surface area contributed by atoms with E-state index < -0.39 is 0 Å². The molecule has 1 aromatic heterocycles. The van der Waals surface area contributed by atoms with Crippen LogP contribution in [0.3, 0.4) is 0 Å². The molecule has 3 heterocycles. The Kier molecular flexibility index (Phi) is 6.53. The van der Waals surface area contributed by atoms with Gasteiger partial charge in [-0.05, 0) is 61.6 Å². The number of rotatable bonds is 5. The van der Waals surface area contributed by atoms with Gasteiger partial charge in [0.2, 0.25) is 17.7 Å². The van der Waals surface area contributed by atoms with Gasteiger partial charge in [-0.2, -0.15) is 0 Å². The first kappa shape index (κ1) is 22.0. The molecule has 1 aromatic carbocycles. The number of aryl methyl sites for hydroxylation is 2. The molecule has 1 atom stereocenters. The zero-order chi connectivity index (χ0) is 22.7. The molecule has 4 rings (SSSR count). The summed E-state index contributed by atoms with van der Waals surface area (Å²) in [4.78, 5) is 45.9. The van der Waals surface area contributed by atoms with E-state index in [-0.39, 0.29) is 36.0 Å². The second-order valence-corrected chi connectivity index (χ2v) is 8.73. The minimum Gasteiger partial charge on any atom is -0.342 e. The highest BCUT2D eigenvalue weighted by Gasteiger charge is 2.38. The van der Waals surface area contributed by atoms with Crippen molar-refractivity contribution in [1.29, 1.82) is 0 Å². The number of likely N-dealkylation sites (tertiary alicyclic amines) is 1. The van der Waals surface area contributed by atoms with Crippen LogP contribution >= 0.6 is 0 Å². The van der Waals surface area contributed by atoms with Gasteiger partial charge in [0.05, 0.1) is 5.92 Å². The van der Waals surface area contributed by atoms with E-state index in [1.54, 1.807) is 11.1 Å². The Hall–Kier alpha value is -3.22. The van der Waals surface area contributed by atoms with Gasteiger partial charge < -0.3 is 15.1 Å². The van der Waals surface area contributed by atoms with Crippen LogP contribution in [0.1, 0.15) is 37.3 Å². The summed E-state index contributed by atoms with van der Waals surface area (Å²) in [6.45, 7) is 5.54. The summed E-state index contributed by atoms with van der Waals surface area (Å²) in [5, 5.41) is 2.88. The highest BCUT2D eigenvalue weighted by atomic mass is 16.2. The van der Waals surface area contributed by atoms with Crippen LogP contribution in [0.25, 0.3) is 0 Å². The van der Waals surface area contributed by atoms with Crippen LogP contribution in [-0.4, -0.2) is 47.2 Å². The summed E-state index contributed by atoms with van der Waals surface area (Å²) >= 11 is 0. The Bertz CT molecular complexity index is 997. The number of amides is 3. The van der Waals surface area contributed by atoms with E-state index in [0.717, 1.165) is 17.7 Å². The lowest BCUT2D eigenvalue weighted by atomic mass is 9.94. The topological polar surface area (TPSA) is 82.6 Å². The molecule has 2 aliphatic heterocycles. The van der Waals surface area contributed by atoms with Crippen LogP contribution in [0, 0.1) is 18.8 Å². The van der Waals surface area contributed by atoms with E-state index in [2.05, 4.69) is 17.2 Å². The van der Waals surface area contributed by atoms with Gasteiger partial charge in [-0.25, -0.2) is 4.98 Å². The molecule has 0 saturated carbocycles. The number of nitrogens with zero attached hydrogens (tertiary/aromatic N) is 3. The van der Waals surface area contributed by atoms with Crippen LogP contribution in [0.15, 0.2) is 42.6 Å². The Balaban J connectivity index is 1.30. The lowest BCUT2D eigenvalue weighted by Gasteiger charge is -2.32. The van der Waals surface area contributed by atoms with Gasteiger partial charge in [0, 0.05) is 43.9 Å². The van der Waals surface area contributed by atoms with Crippen LogP contribution < -0.4 is 10.2 Å². The fourth-order valence-corrected chi connectivity index (χ4v) is 4.49. The SMILES string of the molecule is CCc1ccc(N2CC(C(=O)N3CCC(C(=O)Nc4cc(C)ccn4)CC3)CC2=O)cc1. The molecule has 1 N–H and O–H groups in total. The summed E-state index contributed by atoms with van der Waals surface area (Å²) in [6, 6.07) is 11.7. The molecule has 0 bridgehead atoms. The Morgan fingerprint density at radius 2 is 1.81 bits per heavy atom. The first-order chi connectivity index (χ1) is 15.4. The third kappa shape index (κ3) is 4.82. The monoisotopic (exact) mass is 434 g/mol. The Morgan fingerprint density at radius 3 is 2.47 bits per heavy atom. The first-order valence-corrected chi connectivity index (χ1v) is 11.4. The molecule has 0 spiro atoms. The molecule has 2 fully saturated rings. The van der Waals surface area contributed by atoms with E-state index >= 15 is 0 Å². The number of hydrogen-bond donors (Lipinski definition) is 1. The summed E-state index contributed by atoms with van der Waals surface area (Å²) < 4.78 is 0. The van der Waals surface area contributed by atoms with E-state index in [1.165, 1.54) is 5.56 Å². The second-order valence-electron chi connectivity index (χ2n) is 8.73. The van der Waals surface area contributed by atoms with E-state index in [4.69, 9.17) is 0 Å². The molecule has 0 radical (unpaired) electrons. The quantitative estimate of drug-likeness (QED) is 0.784. The molecule has 0 aliphatic carbocycles. The van der Waals surface area contributed by atoms with Crippen LogP contribution in [-0.2, 0) is 20.8 Å². The maximum atomic E-state index is 13.1. The van der Waals surface area contributed by atoms with Gasteiger partial charge in [-0.15, -0.1) is 0 Å². The maximum absolute atomic E-state index is 13.1. The minimum absolute atomic E-state index is 0.00693. The number of carbonyl (C=O) groups excluding carboxylic acids is 3. The second kappa shape index (κ2) is 9.51. The van der Waals surface area contributed by atoms with Gasteiger partial charge in [-0.3, -0.25) is 14.4 Å². The average molecular weight is 435 g/mol. The normalized spacial score (nSPS) is 19.3. The van der Waals surface area contributed by atoms with Crippen molar-refractivity contribution >= 4 is 29.2 Å². The van der Waals surface area contributed by atoms with Crippen molar-refractivity contribution in [3.05, 3.63) is 53.7 Å². The summed E-state index contributed by atoms with van der Waals surface area (Å²) in [5.41, 5.74) is 3.11. The number of benzene rings is 1. The molecule has 7 heteroatoms. The highest BCUT2D eigenvalue weighted by molar-refractivity contribution is 6.00. The third-order valence-electron chi connectivity index (χ3n) is 6.47. The summed E-state index contributed by atoms with van der Waals surface area (Å²) in [7, 11) is 0. The van der Waals surface area contributed by atoms with Crippen LogP contribution in [0.4, 0.5) is 11.5 Å². The Labute approximate surface area is 188 Å². The van der Waals surface area contributed by atoms with E-state index in [0.29, 0.717) is 38.3 Å². The zero-order valence-electron chi connectivity index (χ0n) is 18.7. The first-order valence-electron chi connectivity index (χ1n) is 11.4. The molecule has 3 amide bonds. The minimum atomic E-state index is -0.324. The number of anilines is 2. The lowest BCUT2D eigenvalue weighted by Crippen LogP contribution is -2.44. The number of pyridine rings is 1. The van der Waals surface area contributed by atoms with Crippen molar-refractivity contribution < 1.29 is 14.4 Å². The number of hydrogen-bond acceptors (Lipinski definition) is 4. The predicted molar refractivity (Wildman–Crippen MR) is 123 cm³/mol. The number of carbonyl (C=O) groups is 3. The van der Waals surface area contributed by atoms with Gasteiger partial charge in [0.25, 0.3) is 0 Å².